The van der Waals surface area contributed by atoms with E-state index < -0.39 is 23.7 Å². The fraction of sp³-hybridized carbons (Fsp3) is 0.429. The molecule has 124 valence electrons. The highest BCUT2D eigenvalue weighted by Crippen LogP contribution is 2.52. The minimum atomic E-state index is -4.61. The van der Waals surface area contributed by atoms with E-state index in [1.807, 2.05) is 0 Å². The van der Waals surface area contributed by atoms with Crippen molar-refractivity contribution in [2.24, 2.45) is 10.2 Å². The Kier molecular flexibility index (Phi) is 4.39. The Balaban J connectivity index is 2.16. The summed E-state index contributed by atoms with van der Waals surface area (Å²) in [6, 6.07) is 4.84. The van der Waals surface area contributed by atoms with Gasteiger partial charge in [-0.2, -0.15) is 13.2 Å². The molecule has 0 atom stereocenters. The van der Waals surface area contributed by atoms with E-state index in [0.29, 0.717) is 0 Å². The first kappa shape index (κ1) is 16.9. The maximum atomic E-state index is 12.9. The quantitative estimate of drug-likeness (QED) is 0.779. The van der Waals surface area contributed by atoms with Crippen molar-refractivity contribution in [3.8, 4) is 0 Å². The van der Waals surface area contributed by atoms with Gasteiger partial charge in [-0.15, -0.1) is 10.2 Å². The maximum Gasteiger partial charge on any atom is 0.442 e. The first-order chi connectivity index (χ1) is 10.7. The van der Waals surface area contributed by atoms with E-state index in [2.05, 4.69) is 15.0 Å². The Morgan fingerprint density at radius 3 is 2.17 bits per heavy atom. The van der Waals surface area contributed by atoms with Crippen LogP contribution in [-0.4, -0.2) is 43.2 Å². The first-order valence-corrected chi connectivity index (χ1v) is 6.72. The number of hydrogen-bond acceptors (Lipinski definition) is 5. The fourth-order valence-corrected chi connectivity index (χ4v) is 2.02. The van der Waals surface area contributed by atoms with Gasteiger partial charge in [0.1, 0.15) is 6.54 Å². The molecule has 0 aliphatic carbocycles. The summed E-state index contributed by atoms with van der Waals surface area (Å²) in [5.74, 6) is -1.06. The minimum absolute atomic E-state index is 0.155. The second kappa shape index (κ2) is 5.98. The van der Waals surface area contributed by atoms with Gasteiger partial charge in [0, 0.05) is 17.7 Å². The van der Waals surface area contributed by atoms with Gasteiger partial charge in [-0.25, -0.2) is 0 Å². The minimum Gasteiger partial charge on any atom is -0.468 e. The van der Waals surface area contributed by atoms with Crippen molar-refractivity contribution in [2.75, 3.05) is 20.2 Å². The lowest BCUT2D eigenvalue weighted by Gasteiger charge is -2.20. The zero-order valence-corrected chi connectivity index (χ0v) is 12.4. The zero-order chi connectivity index (χ0) is 17.3. The highest BCUT2D eigenvalue weighted by Gasteiger charge is 2.65. The molecule has 1 heterocycles. The molecular weight excluding hydrogens is 315 g/mol. The van der Waals surface area contributed by atoms with Gasteiger partial charge in [-0.3, -0.25) is 9.59 Å². The van der Waals surface area contributed by atoms with Crippen molar-refractivity contribution >= 4 is 11.9 Å². The molecule has 0 aromatic heterocycles. The van der Waals surface area contributed by atoms with Gasteiger partial charge in [0.25, 0.3) is 5.91 Å². The molecule has 2 rings (SSSR count). The summed E-state index contributed by atoms with van der Waals surface area (Å²) in [6.07, 6.45) is -4.61. The van der Waals surface area contributed by atoms with Gasteiger partial charge in [0.2, 0.25) is 0 Å². The number of carbonyl (C=O) groups is 2. The van der Waals surface area contributed by atoms with E-state index in [-0.39, 0.29) is 24.2 Å². The van der Waals surface area contributed by atoms with Crippen LogP contribution in [0.4, 0.5) is 13.2 Å². The van der Waals surface area contributed by atoms with Crippen LogP contribution in [-0.2, 0) is 15.2 Å². The number of alkyl halides is 3. The number of benzene rings is 1. The van der Waals surface area contributed by atoms with Crippen LogP contribution in [0.3, 0.4) is 0 Å². The summed E-state index contributed by atoms with van der Waals surface area (Å²) in [7, 11) is 1.20. The van der Waals surface area contributed by atoms with E-state index in [4.69, 9.17) is 0 Å². The lowest BCUT2D eigenvalue weighted by Crippen LogP contribution is -2.36. The number of halogens is 3. The summed E-state index contributed by atoms with van der Waals surface area (Å²) < 4.78 is 43.2. The Bertz CT molecular complexity index is 635. The van der Waals surface area contributed by atoms with Crippen LogP contribution in [0, 0.1) is 0 Å². The molecule has 0 spiro atoms. The topological polar surface area (TPSA) is 71.3 Å². The Hall–Kier alpha value is -2.45. The van der Waals surface area contributed by atoms with Crippen molar-refractivity contribution in [3.05, 3.63) is 35.4 Å². The molecule has 0 unspecified atom stereocenters. The number of rotatable bonds is 5. The van der Waals surface area contributed by atoms with Crippen LogP contribution >= 0.6 is 0 Å². The molecule has 0 saturated heterocycles. The fourth-order valence-electron chi connectivity index (χ4n) is 2.02. The van der Waals surface area contributed by atoms with Crippen molar-refractivity contribution in [1.29, 1.82) is 0 Å². The van der Waals surface area contributed by atoms with Crippen LogP contribution in [0.15, 0.2) is 34.5 Å². The molecule has 6 nitrogen and oxygen atoms in total. The van der Waals surface area contributed by atoms with Gasteiger partial charge >= 0.3 is 17.8 Å². The average Bonchev–Trinajstić information content (AvgIpc) is 3.33. The molecule has 0 radical (unpaired) electrons. The van der Waals surface area contributed by atoms with E-state index in [0.717, 1.165) is 12.1 Å². The van der Waals surface area contributed by atoms with Crippen molar-refractivity contribution in [3.63, 3.8) is 0 Å². The predicted octanol–water partition coefficient (Wildman–Crippen LogP) is 2.50. The summed E-state index contributed by atoms with van der Waals surface area (Å²) in [5, 5.41) is 6.19. The third-order valence-electron chi connectivity index (χ3n) is 3.45. The maximum absolute atomic E-state index is 12.9. The molecule has 1 aromatic rings. The van der Waals surface area contributed by atoms with Crippen molar-refractivity contribution in [1.82, 2.24) is 4.90 Å². The summed E-state index contributed by atoms with van der Waals surface area (Å²) >= 11 is 0. The van der Waals surface area contributed by atoms with Crippen LogP contribution in [0.2, 0.25) is 0 Å². The van der Waals surface area contributed by atoms with Gasteiger partial charge in [-0.1, -0.05) is 12.1 Å². The first-order valence-electron chi connectivity index (χ1n) is 6.72. The molecule has 9 heteroatoms. The Morgan fingerprint density at radius 2 is 1.78 bits per heavy atom. The normalized spacial score (nSPS) is 15.2. The van der Waals surface area contributed by atoms with Crippen molar-refractivity contribution < 1.29 is 27.5 Å². The zero-order valence-electron chi connectivity index (χ0n) is 12.4. The summed E-state index contributed by atoms with van der Waals surface area (Å²) in [6.45, 7) is 1.70. The van der Waals surface area contributed by atoms with Crippen molar-refractivity contribution in [2.45, 2.75) is 18.8 Å². The number of amides is 1. The third-order valence-corrected chi connectivity index (χ3v) is 3.45. The van der Waals surface area contributed by atoms with Crippen LogP contribution in [0.25, 0.3) is 0 Å². The van der Waals surface area contributed by atoms with Gasteiger partial charge < -0.3 is 9.64 Å². The Labute approximate surface area is 129 Å². The number of nitrogens with zero attached hydrogens (tertiary/aromatic N) is 3. The number of methoxy groups -OCH3 is 1. The summed E-state index contributed by atoms with van der Waals surface area (Å²) in [4.78, 5) is 24.7. The molecule has 23 heavy (non-hydrogen) atoms. The van der Waals surface area contributed by atoms with Crippen LogP contribution in [0.5, 0.6) is 0 Å². The second-order valence-corrected chi connectivity index (χ2v) is 4.84. The van der Waals surface area contributed by atoms with E-state index in [9.17, 15) is 22.8 Å². The number of likely N-dealkylation sites (N-methyl/N-ethyl adjacent to an activating group) is 1. The Morgan fingerprint density at radius 1 is 1.22 bits per heavy atom. The molecule has 1 aromatic carbocycles. The number of carbonyl (C=O) groups excluding carboxylic acids is 2. The lowest BCUT2D eigenvalue weighted by atomic mass is 10.0. The molecule has 0 fully saturated rings. The van der Waals surface area contributed by atoms with Crippen LogP contribution < -0.4 is 0 Å². The largest absolute Gasteiger partial charge is 0.468 e. The monoisotopic (exact) mass is 329 g/mol. The SMILES string of the molecule is CCN(CC(=O)OC)C(=O)c1ccc(C2(C(F)(F)F)N=N2)cc1. The average molecular weight is 329 g/mol. The molecule has 1 amide bonds. The van der Waals surface area contributed by atoms with E-state index in [1.54, 1.807) is 6.92 Å². The summed E-state index contributed by atoms with van der Waals surface area (Å²) in [5.41, 5.74) is -2.50. The van der Waals surface area contributed by atoms with E-state index in [1.165, 1.54) is 24.1 Å². The smallest absolute Gasteiger partial charge is 0.442 e. The lowest BCUT2D eigenvalue weighted by molar-refractivity contribution is -0.166. The third kappa shape index (κ3) is 3.17. The molecule has 0 N–H and O–H groups in total. The highest BCUT2D eigenvalue weighted by atomic mass is 19.4. The number of esters is 1. The standard InChI is InChI=1S/C14H14F3N3O3/c1-3-20(8-11(21)23-2)12(22)9-4-6-10(7-5-9)13(18-19-13)14(15,16)17/h4-7H,3,8H2,1-2H3. The predicted molar refractivity (Wildman–Crippen MR) is 72.6 cm³/mol. The van der Waals surface area contributed by atoms with E-state index >= 15 is 0 Å². The second-order valence-electron chi connectivity index (χ2n) is 4.84. The van der Waals surface area contributed by atoms with Crippen LogP contribution in [0.1, 0.15) is 22.8 Å². The molecular formula is C14H14F3N3O3. The van der Waals surface area contributed by atoms with Gasteiger partial charge in [0.15, 0.2) is 0 Å². The van der Waals surface area contributed by atoms with Gasteiger partial charge in [-0.05, 0) is 19.1 Å². The number of hydrogen-bond donors (Lipinski definition) is 0. The van der Waals surface area contributed by atoms with Gasteiger partial charge in [0.05, 0.1) is 7.11 Å². The molecule has 0 bridgehead atoms. The highest BCUT2D eigenvalue weighted by molar-refractivity contribution is 5.96. The molecule has 1 aliphatic heterocycles. The molecule has 1 aliphatic rings. The number of ether oxygens (including phenoxy) is 1. The molecule has 0 saturated carbocycles.